The molecule has 0 aliphatic heterocycles. The second-order valence-corrected chi connectivity index (χ2v) is 24.3. The molecule has 0 saturated heterocycles. The number of furan rings is 4. The molecule has 0 unspecified atom stereocenters. The van der Waals surface area contributed by atoms with E-state index in [1.165, 1.54) is 11.1 Å². The van der Waals surface area contributed by atoms with Crippen LogP contribution >= 0.6 is 0 Å². The number of hydrogen-bond donors (Lipinski definition) is 0. The highest BCUT2D eigenvalue weighted by molar-refractivity contribution is 6.19. The van der Waals surface area contributed by atoms with E-state index in [0.29, 0.717) is 0 Å². The van der Waals surface area contributed by atoms with Crippen LogP contribution < -0.4 is 19.6 Å². The van der Waals surface area contributed by atoms with Gasteiger partial charge in [0.1, 0.15) is 33.5 Å². The number of nitrogens with zero attached hydrogens (tertiary/aromatic N) is 4. The van der Waals surface area contributed by atoms with Gasteiger partial charge in [-0.2, -0.15) is 0 Å². The van der Waals surface area contributed by atoms with Gasteiger partial charge in [-0.05, 0) is 157 Å². The van der Waals surface area contributed by atoms with Gasteiger partial charge in [0, 0.05) is 89.9 Å². The van der Waals surface area contributed by atoms with E-state index in [4.69, 9.17) is 17.7 Å². The third-order valence-corrected chi connectivity index (χ3v) is 18.5. The van der Waals surface area contributed by atoms with Gasteiger partial charge in [0.2, 0.25) is 0 Å². The van der Waals surface area contributed by atoms with Crippen molar-refractivity contribution in [3.63, 3.8) is 0 Å². The lowest BCUT2D eigenvalue weighted by atomic mass is 10.0. The molecule has 8 nitrogen and oxygen atoms in total. The highest BCUT2D eigenvalue weighted by atomic mass is 16.3. The fraction of sp³-hybridized carbons (Fsp3) is 0. The maximum absolute atomic E-state index is 6.89. The number of para-hydroxylation sites is 9. The molecule has 19 rings (SSSR count). The van der Waals surface area contributed by atoms with Crippen LogP contribution in [0.15, 0.2) is 382 Å². The number of rotatable bonds is 13. The second-order valence-electron chi connectivity index (χ2n) is 24.3. The summed E-state index contributed by atoms with van der Waals surface area (Å²) in [4.78, 5) is 9.13. The summed E-state index contributed by atoms with van der Waals surface area (Å²) in [6.45, 7) is 0. The van der Waals surface area contributed by atoms with E-state index >= 15 is 0 Å². The Morgan fingerprint density at radius 3 is 0.837 bits per heavy atom. The van der Waals surface area contributed by atoms with Crippen molar-refractivity contribution in [1.29, 1.82) is 0 Å². The van der Waals surface area contributed by atoms with Gasteiger partial charge in [0.05, 0.1) is 33.5 Å². The van der Waals surface area contributed by atoms with Crippen molar-refractivity contribution in [2.24, 2.45) is 0 Å². The van der Waals surface area contributed by atoms with E-state index in [0.717, 1.165) is 156 Å². The van der Waals surface area contributed by atoms with Crippen LogP contribution in [0.5, 0.6) is 0 Å². The minimum Gasteiger partial charge on any atom is -0.456 e. The highest BCUT2D eigenvalue weighted by Gasteiger charge is 2.27. The Bertz CT molecular complexity index is 6030. The molecule has 0 N–H and O–H groups in total. The van der Waals surface area contributed by atoms with E-state index in [-0.39, 0.29) is 0 Å². The van der Waals surface area contributed by atoms with Gasteiger partial charge < -0.3 is 37.3 Å². The van der Waals surface area contributed by atoms with Crippen molar-refractivity contribution in [2.75, 3.05) is 19.6 Å². The molecular weight excluding hydrogens is 1200 g/mol. The fourth-order valence-corrected chi connectivity index (χ4v) is 14.1. The van der Waals surface area contributed by atoms with E-state index in [2.05, 4.69) is 335 Å². The van der Waals surface area contributed by atoms with Gasteiger partial charge in [-0.25, -0.2) is 0 Å². The van der Waals surface area contributed by atoms with Crippen LogP contribution in [-0.4, -0.2) is 0 Å². The van der Waals surface area contributed by atoms with E-state index in [9.17, 15) is 0 Å². The molecule has 0 radical (unpaired) electrons. The zero-order valence-electron chi connectivity index (χ0n) is 53.1. The summed E-state index contributed by atoms with van der Waals surface area (Å²) in [6, 6.07) is 126. The highest BCUT2D eigenvalue weighted by Crippen LogP contribution is 2.50. The standard InChI is InChI=1S/C48H32N2O2.C42H28N2O2/c1-4-14-33(15-5-1)34-26-28-37(29-27-34)49(35-16-6-2-7-17-35)43-23-12-21-41-47-42(22-13-25-45(47)52-48(41)43)50(36-18-8-3-9-19-36)38-30-31-40-39-20-10-11-24-44(39)51-46(40)32-38;1-4-14-29(15-5-1)43(30-16-6-2-7-17-30)37-23-12-21-35-41-36(22-13-25-39(41)46-42(35)37)44(31-18-8-3-9-19-31)32-26-27-34-33-20-10-11-24-38(33)45-40(34)28-32/h1-32H;1-28H. The van der Waals surface area contributed by atoms with Crippen molar-refractivity contribution in [3.05, 3.63) is 364 Å². The average Bonchev–Trinajstić information content (AvgIpc) is 1.57. The first-order valence-electron chi connectivity index (χ1n) is 33.0. The van der Waals surface area contributed by atoms with Crippen LogP contribution in [0, 0.1) is 0 Å². The first-order chi connectivity index (χ1) is 48.6. The zero-order chi connectivity index (χ0) is 64.9. The molecule has 0 atom stereocenters. The summed E-state index contributed by atoms with van der Waals surface area (Å²) in [5, 5.41) is 8.61. The summed E-state index contributed by atoms with van der Waals surface area (Å²) in [7, 11) is 0. The molecule has 15 aromatic carbocycles. The molecule has 0 amide bonds. The Hall–Kier alpha value is -13.3. The van der Waals surface area contributed by atoms with Crippen LogP contribution in [0.2, 0.25) is 0 Å². The Balaban J connectivity index is 0.000000143. The van der Waals surface area contributed by atoms with Crippen molar-refractivity contribution in [1.82, 2.24) is 0 Å². The van der Waals surface area contributed by atoms with Crippen molar-refractivity contribution in [2.45, 2.75) is 0 Å². The SMILES string of the molecule is c1ccc(-c2ccc(N(c3ccccc3)c3cccc4c3oc3cccc(N(c5ccccc5)c5ccc6c(c5)oc5ccccc56)c34)cc2)cc1.c1ccc(N(c2ccccc2)c2cccc3c2oc2cccc(N(c4ccccc4)c4ccc5c(c4)oc4ccccc45)c23)cc1. The predicted molar refractivity (Wildman–Crippen MR) is 406 cm³/mol. The Morgan fingerprint density at radius 2 is 0.439 bits per heavy atom. The predicted octanol–water partition coefficient (Wildman–Crippen LogP) is 26.5. The van der Waals surface area contributed by atoms with Crippen LogP contribution in [0.4, 0.5) is 68.2 Å². The Labute approximate surface area is 565 Å². The summed E-state index contributed by atoms with van der Waals surface area (Å²) >= 11 is 0. The van der Waals surface area contributed by atoms with Gasteiger partial charge >= 0.3 is 0 Å². The maximum Gasteiger partial charge on any atom is 0.159 e. The topological polar surface area (TPSA) is 65.5 Å². The van der Waals surface area contributed by atoms with Gasteiger partial charge in [-0.1, -0.05) is 206 Å². The molecule has 0 fully saturated rings. The summed E-state index contributed by atoms with van der Waals surface area (Å²) in [6.07, 6.45) is 0. The molecule has 0 bridgehead atoms. The van der Waals surface area contributed by atoms with Crippen molar-refractivity contribution in [3.8, 4) is 11.1 Å². The van der Waals surface area contributed by atoms with Crippen LogP contribution in [-0.2, 0) is 0 Å². The molecule has 464 valence electrons. The van der Waals surface area contributed by atoms with Gasteiger partial charge in [0.25, 0.3) is 0 Å². The van der Waals surface area contributed by atoms with Gasteiger partial charge in [0.15, 0.2) is 11.2 Å². The van der Waals surface area contributed by atoms with E-state index in [1.54, 1.807) is 0 Å². The Morgan fingerprint density at radius 1 is 0.163 bits per heavy atom. The maximum atomic E-state index is 6.89. The lowest BCUT2D eigenvalue weighted by molar-refractivity contribution is 0.668. The molecule has 4 aromatic heterocycles. The summed E-state index contributed by atoms with van der Waals surface area (Å²) < 4.78 is 26.4. The lowest BCUT2D eigenvalue weighted by Gasteiger charge is -2.26. The third-order valence-electron chi connectivity index (χ3n) is 18.5. The number of anilines is 12. The fourth-order valence-electron chi connectivity index (χ4n) is 14.1. The smallest absolute Gasteiger partial charge is 0.159 e. The van der Waals surface area contributed by atoms with Crippen LogP contribution in [0.1, 0.15) is 0 Å². The number of hydrogen-bond acceptors (Lipinski definition) is 8. The average molecular weight is 1260 g/mol. The van der Waals surface area contributed by atoms with E-state index in [1.807, 2.05) is 48.5 Å². The van der Waals surface area contributed by atoms with Crippen molar-refractivity contribution < 1.29 is 17.7 Å². The second kappa shape index (κ2) is 24.6. The minimum atomic E-state index is 0.818. The first kappa shape index (κ1) is 57.4. The number of fused-ring (bicyclic) bond motifs is 12. The first-order valence-corrected chi connectivity index (χ1v) is 33.0. The zero-order valence-corrected chi connectivity index (χ0v) is 53.1. The molecule has 19 aromatic rings. The molecule has 0 aliphatic carbocycles. The lowest BCUT2D eigenvalue weighted by Crippen LogP contribution is -2.10. The van der Waals surface area contributed by atoms with Crippen LogP contribution in [0.25, 0.3) is 98.9 Å². The normalized spacial score (nSPS) is 11.5. The molecule has 0 aliphatic rings. The van der Waals surface area contributed by atoms with Crippen molar-refractivity contribution >= 4 is 156 Å². The minimum absolute atomic E-state index is 0.818. The third kappa shape index (κ3) is 10.2. The van der Waals surface area contributed by atoms with Crippen LogP contribution in [0.3, 0.4) is 0 Å². The molecular formula is C90H60N4O4. The Kier molecular flexibility index (Phi) is 14.4. The number of benzene rings is 15. The summed E-state index contributed by atoms with van der Waals surface area (Å²) in [5.41, 5.74) is 21.4. The van der Waals surface area contributed by atoms with E-state index < -0.39 is 0 Å². The largest absolute Gasteiger partial charge is 0.456 e. The monoisotopic (exact) mass is 1260 g/mol. The molecule has 8 heteroatoms. The molecule has 0 spiro atoms. The molecule has 4 heterocycles. The van der Waals surface area contributed by atoms with Gasteiger partial charge in [-0.15, -0.1) is 0 Å². The summed E-state index contributed by atoms with van der Waals surface area (Å²) in [5.74, 6) is 0. The molecule has 98 heavy (non-hydrogen) atoms. The van der Waals surface area contributed by atoms with Gasteiger partial charge in [-0.3, -0.25) is 0 Å². The molecule has 0 saturated carbocycles. The quantitative estimate of drug-likeness (QED) is 0.113.